The van der Waals surface area contributed by atoms with Gasteiger partial charge in [-0.2, -0.15) is 0 Å². The van der Waals surface area contributed by atoms with Gasteiger partial charge in [-0.05, 0) is 124 Å². The fraction of sp³-hybridized carbons (Fsp3) is 0.591. The molecule has 0 aliphatic heterocycles. The molecule has 0 spiro atoms. The fourth-order valence-corrected chi connectivity index (χ4v) is 10.2. The van der Waals surface area contributed by atoms with E-state index in [1.807, 2.05) is 26.8 Å². The van der Waals surface area contributed by atoms with Gasteiger partial charge in [-0.15, -0.1) is 0 Å². The zero-order valence-corrected chi connectivity index (χ0v) is 50.8. The number of aliphatic hydroxyl groups excluding tert-OH is 3. The molecule has 0 saturated heterocycles. The number of hydrogen-bond acceptors (Lipinski definition) is 12. The Labute approximate surface area is 470 Å². The third kappa shape index (κ3) is 20.7. The summed E-state index contributed by atoms with van der Waals surface area (Å²) in [4.78, 5) is 37.3. The topological polar surface area (TPSA) is 167 Å². The quantitative estimate of drug-likeness (QED) is 0.0753. The van der Waals surface area contributed by atoms with Gasteiger partial charge in [0, 0.05) is 35.5 Å². The number of Topliss-reactive ketones (excluding diaryl/α,β-unsaturated/α-hetero) is 3. The Morgan fingerprint density at radius 1 is 0.436 bits per heavy atom. The van der Waals surface area contributed by atoms with Crippen molar-refractivity contribution in [1.29, 1.82) is 0 Å². The van der Waals surface area contributed by atoms with Crippen LogP contribution in [0.25, 0.3) is 0 Å². The Kier molecular flexibility index (Phi) is 31.7. The minimum atomic E-state index is -0.834. The number of hydrogen-bond donors (Lipinski definition) is 3. The molecular weight excluding hydrogens is 985 g/mol. The number of allylic oxidation sites excluding steroid dienone is 15. The predicted molar refractivity (Wildman–Crippen MR) is 314 cm³/mol. The maximum absolute atomic E-state index is 12.5. The van der Waals surface area contributed by atoms with Crippen LogP contribution >= 0.6 is 0 Å². The lowest BCUT2D eigenvalue weighted by Crippen LogP contribution is -2.40. The summed E-state index contributed by atoms with van der Waals surface area (Å²) in [6.07, 6.45) is 23.3. The Bertz CT molecular complexity index is 2360. The average molecular weight is 1090 g/mol. The first-order valence-electron chi connectivity index (χ1n) is 28.2. The molecule has 12 nitrogen and oxygen atoms in total. The minimum Gasteiger partial charge on any atom is -0.494 e. The van der Waals surface area contributed by atoms with Gasteiger partial charge in [0.2, 0.25) is 34.6 Å². The van der Waals surface area contributed by atoms with E-state index in [2.05, 4.69) is 116 Å². The highest BCUT2D eigenvalue weighted by atomic mass is 16.5. The van der Waals surface area contributed by atoms with Crippen LogP contribution < -0.4 is 0 Å². The Morgan fingerprint density at radius 2 is 0.744 bits per heavy atom. The van der Waals surface area contributed by atoms with E-state index in [1.54, 1.807) is 0 Å². The monoisotopic (exact) mass is 1080 g/mol. The van der Waals surface area contributed by atoms with Crippen molar-refractivity contribution in [2.45, 2.75) is 178 Å². The zero-order chi connectivity index (χ0) is 58.6. The molecule has 12 heteroatoms. The minimum absolute atomic E-state index is 0.0961. The Hall–Kier alpha value is -5.43. The number of carbonyl (C=O) groups is 3. The molecule has 0 amide bonds. The number of benzene rings is 1. The third-order valence-electron chi connectivity index (χ3n) is 15.6. The number of ketones is 3. The van der Waals surface area contributed by atoms with Gasteiger partial charge in [0.25, 0.3) is 0 Å². The second-order valence-corrected chi connectivity index (χ2v) is 21.5. The highest BCUT2D eigenvalue weighted by Gasteiger charge is 2.44. The summed E-state index contributed by atoms with van der Waals surface area (Å²) in [7, 11) is 8.68. The smallest absolute Gasteiger partial charge is 0.204 e. The van der Waals surface area contributed by atoms with Gasteiger partial charge in [0.05, 0.1) is 42.7 Å². The summed E-state index contributed by atoms with van der Waals surface area (Å²) in [6.45, 7) is 22.7. The van der Waals surface area contributed by atoms with Gasteiger partial charge >= 0.3 is 0 Å². The van der Waals surface area contributed by atoms with E-state index >= 15 is 0 Å². The van der Waals surface area contributed by atoms with Crippen LogP contribution in [0.1, 0.15) is 159 Å². The molecule has 436 valence electrons. The van der Waals surface area contributed by atoms with Crippen LogP contribution in [0.5, 0.6) is 0 Å². The van der Waals surface area contributed by atoms with Crippen molar-refractivity contribution >= 4 is 17.3 Å². The van der Waals surface area contributed by atoms with E-state index in [9.17, 15) is 29.7 Å². The Balaban J connectivity index is 0.000000408. The summed E-state index contributed by atoms with van der Waals surface area (Å²) in [5.74, 6) is -0.573. The molecule has 0 heterocycles. The predicted octanol–water partition coefficient (Wildman–Crippen LogP) is 13.7. The van der Waals surface area contributed by atoms with Gasteiger partial charge < -0.3 is 43.7 Å². The summed E-state index contributed by atoms with van der Waals surface area (Å²) in [5.41, 5.74) is 9.42. The maximum atomic E-state index is 12.5. The zero-order valence-electron chi connectivity index (χ0n) is 50.8. The van der Waals surface area contributed by atoms with Crippen LogP contribution in [0.2, 0.25) is 0 Å². The first kappa shape index (κ1) is 68.7. The van der Waals surface area contributed by atoms with E-state index in [-0.39, 0.29) is 87.4 Å². The van der Waals surface area contributed by atoms with Crippen molar-refractivity contribution < 1.29 is 58.1 Å². The fourth-order valence-electron chi connectivity index (χ4n) is 10.2. The molecular formula is C66H100O12. The van der Waals surface area contributed by atoms with Crippen molar-refractivity contribution in [3.8, 4) is 0 Å². The molecule has 9 atom stereocenters. The summed E-state index contributed by atoms with van der Waals surface area (Å²) in [6, 6.07) is 10.5. The van der Waals surface area contributed by atoms with Gasteiger partial charge in [0.1, 0.15) is 18.3 Å². The molecule has 3 aliphatic rings. The van der Waals surface area contributed by atoms with Gasteiger partial charge in [0.15, 0.2) is 17.3 Å². The van der Waals surface area contributed by atoms with E-state index in [1.165, 1.54) is 81.7 Å². The number of aliphatic hydroxyl groups is 3. The largest absolute Gasteiger partial charge is 0.494 e. The van der Waals surface area contributed by atoms with Crippen molar-refractivity contribution in [2.75, 3.05) is 42.7 Å². The van der Waals surface area contributed by atoms with Crippen molar-refractivity contribution in [3.05, 3.63) is 140 Å². The van der Waals surface area contributed by atoms with Gasteiger partial charge in [-0.25, -0.2) is 0 Å². The van der Waals surface area contributed by atoms with Crippen LogP contribution in [0.3, 0.4) is 0 Å². The van der Waals surface area contributed by atoms with Gasteiger partial charge in [-0.1, -0.05) is 141 Å². The Morgan fingerprint density at radius 3 is 1.05 bits per heavy atom. The molecule has 0 fully saturated rings. The molecule has 1 aromatic carbocycles. The summed E-state index contributed by atoms with van der Waals surface area (Å²) >= 11 is 0. The van der Waals surface area contributed by atoms with Crippen LogP contribution in [0, 0.1) is 35.5 Å². The molecule has 3 N–H and O–H groups in total. The molecule has 9 unspecified atom stereocenters. The molecule has 3 aliphatic carbocycles. The second kappa shape index (κ2) is 36.0. The van der Waals surface area contributed by atoms with Crippen molar-refractivity contribution in [1.82, 2.24) is 0 Å². The number of methoxy groups -OCH3 is 6. The second-order valence-electron chi connectivity index (χ2n) is 21.5. The number of carbonyl (C=O) groups excluding carboxylic acids is 3. The van der Waals surface area contributed by atoms with E-state index in [0.29, 0.717) is 19.3 Å². The lowest BCUT2D eigenvalue weighted by molar-refractivity contribution is -0.128. The number of rotatable bonds is 26. The lowest BCUT2D eigenvalue weighted by atomic mass is 9.77. The normalized spacial score (nSPS) is 24.8. The molecule has 0 radical (unpaired) electrons. The summed E-state index contributed by atoms with van der Waals surface area (Å²) < 4.78 is 31.1. The highest BCUT2D eigenvalue weighted by molar-refractivity contribution is 5.98. The first-order valence-corrected chi connectivity index (χ1v) is 28.2. The van der Waals surface area contributed by atoms with Crippen molar-refractivity contribution in [3.63, 3.8) is 0 Å². The van der Waals surface area contributed by atoms with Crippen LogP contribution in [0.4, 0.5) is 0 Å². The van der Waals surface area contributed by atoms with Gasteiger partial charge in [-0.3, -0.25) is 14.4 Å². The maximum Gasteiger partial charge on any atom is 0.204 e. The first-order chi connectivity index (χ1) is 37.1. The molecule has 4 rings (SSSR count). The molecule has 0 bridgehead atoms. The molecule has 0 aromatic heterocycles. The van der Waals surface area contributed by atoms with E-state index in [0.717, 1.165) is 64.2 Å². The molecule has 0 saturated carbocycles. The lowest BCUT2D eigenvalue weighted by Gasteiger charge is -2.33. The summed E-state index contributed by atoms with van der Waals surface area (Å²) in [5, 5.41) is 31.7. The average Bonchev–Trinajstić information content (AvgIpc) is 3.43. The van der Waals surface area contributed by atoms with Crippen LogP contribution in [-0.4, -0.2) is 93.6 Å². The third-order valence-corrected chi connectivity index (χ3v) is 15.6. The standard InChI is InChI=1S/C25H34O4.C25H40O4.C16H26O4/c1-17(10-9-11-18(2)16-20-12-7-6-8-13-20)14-15-21-19(3)22(26)24(28-4)25(29-5)23(21)27;1-8-17(2)11-9-12-18(3)13-10-14-19(4)15-16-21-20(5)22(26)24(28-6)25(29-7)23(21)27;1-6-7-10(2)8-9-12-11(3)13(17)15(19-4)16(20-5)14(12)18/h6-8,11-14,19,21,23,27H,9-10,15-16H2,1-5H3;11,13,15,20-21,23,27H,8-10,12,14,16H2,1-7H3;8,11-12,14,18H,6-7,9H2,1-5H3/b17-14+,18-11+;17-11+,18-13+,19-15+;10-8+. The SMILES string of the molecule is CC/C(C)=C/CC/C(C)=C/CC/C(C)=C/CC1C(C)C(=O)C(OC)=C(OC)C1O.CCC/C(C)=C/CC1C(C)C(=O)C(OC)=C(OC)C1O.COC1=C(OC)C(O)C(C/C=C(\C)CC/C=C(\C)Cc2ccccc2)C(C)C1=O. The number of ether oxygens (including phenoxy) is 6. The molecule has 78 heavy (non-hydrogen) atoms. The van der Waals surface area contributed by atoms with E-state index in [4.69, 9.17) is 28.4 Å². The van der Waals surface area contributed by atoms with Crippen LogP contribution in [0.15, 0.2) is 135 Å². The highest BCUT2D eigenvalue weighted by Crippen LogP contribution is 2.38. The van der Waals surface area contributed by atoms with Crippen molar-refractivity contribution in [2.24, 2.45) is 35.5 Å². The van der Waals surface area contributed by atoms with E-state index < -0.39 is 18.3 Å². The molecule has 1 aromatic rings. The van der Waals surface area contributed by atoms with Crippen LogP contribution in [-0.2, 0) is 49.2 Å².